The molecule has 0 aromatic heterocycles. The molecule has 2 bridgehead atoms. The Morgan fingerprint density at radius 1 is 0.923 bits per heavy atom. The van der Waals surface area contributed by atoms with Gasteiger partial charge in [-0.2, -0.15) is 0 Å². The molecule has 0 spiro atoms. The summed E-state index contributed by atoms with van der Waals surface area (Å²) < 4.78 is 0. The van der Waals surface area contributed by atoms with E-state index in [9.17, 15) is 0 Å². The van der Waals surface area contributed by atoms with E-state index in [0.29, 0.717) is 5.92 Å². The van der Waals surface area contributed by atoms with Crippen LogP contribution in [0.5, 0.6) is 0 Å². The van der Waals surface area contributed by atoms with Crippen LogP contribution in [0.4, 0.5) is 0 Å². The van der Waals surface area contributed by atoms with Crippen molar-refractivity contribution in [3.63, 3.8) is 0 Å². The minimum Gasteiger partial charge on any atom is -0.0891 e. The first kappa shape index (κ1) is 8.71. The second-order valence-corrected chi connectivity index (χ2v) is 4.19. The Bertz CT molecular complexity index is 279. The van der Waals surface area contributed by atoms with Gasteiger partial charge in [-0.3, -0.25) is 0 Å². The molecule has 0 heteroatoms. The molecule has 0 aliphatic heterocycles. The molecule has 68 valence electrons. The summed E-state index contributed by atoms with van der Waals surface area (Å²) in [5.41, 5.74) is 0. The lowest BCUT2D eigenvalue weighted by atomic mass is 9.79. The zero-order chi connectivity index (χ0) is 8.93. The van der Waals surface area contributed by atoms with Crippen molar-refractivity contribution in [2.45, 2.75) is 44.9 Å². The van der Waals surface area contributed by atoms with E-state index >= 15 is 0 Å². The van der Waals surface area contributed by atoms with Crippen LogP contribution < -0.4 is 0 Å². The molecule has 1 saturated carbocycles. The third-order valence-electron chi connectivity index (χ3n) is 3.12. The number of rotatable bonds is 0. The van der Waals surface area contributed by atoms with Crippen molar-refractivity contribution < 1.29 is 0 Å². The number of hydrogen-bond acceptors (Lipinski definition) is 0. The molecule has 0 radical (unpaired) electrons. The van der Waals surface area contributed by atoms with Crippen molar-refractivity contribution in [1.82, 2.24) is 0 Å². The lowest BCUT2D eigenvalue weighted by Gasteiger charge is -2.25. The first-order chi connectivity index (χ1) is 6.45. The zero-order valence-electron chi connectivity index (χ0n) is 8.10. The van der Waals surface area contributed by atoms with Crippen molar-refractivity contribution >= 4 is 0 Å². The molecule has 1 fully saturated rings. The van der Waals surface area contributed by atoms with Gasteiger partial charge in [0, 0.05) is 12.3 Å². The second-order valence-electron chi connectivity index (χ2n) is 4.19. The fourth-order valence-corrected chi connectivity index (χ4v) is 2.41. The van der Waals surface area contributed by atoms with Crippen LogP contribution in [0.15, 0.2) is 0 Å². The normalized spacial score (nSPS) is 32.0. The van der Waals surface area contributed by atoms with Crippen molar-refractivity contribution in [1.29, 1.82) is 0 Å². The Morgan fingerprint density at radius 3 is 2.85 bits per heavy atom. The summed E-state index contributed by atoms with van der Waals surface area (Å²) in [6.45, 7) is 0. The first-order valence-corrected chi connectivity index (χ1v) is 5.43. The molecule has 0 N–H and O–H groups in total. The van der Waals surface area contributed by atoms with Gasteiger partial charge in [-0.15, -0.1) is 0 Å². The molecule has 2 unspecified atom stereocenters. The maximum atomic E-state index is 3.30. The van der Waals surface area contributed by atoms with Crippen LogP contribution in [0.2, 0.25) is 0 Å². The van der Waals surface area contributed by atoms with Crippen LogP contribution in [0.3, 0.4) is 0 Å². The van der Waals surface area contributed by atoms with Gasteiger partial charge in [-0.05, 0) is 43.4 Å². The van der Waals surface area contributed by atoms with Crippen LogP contribution in [0.25, 0.3) is 0 Å². The minimum absolute atomic E-state index is 0.658. The highest BCUT2D eigenvalue weighted by Gasteiger charge is 2.20. The van der Waals surface area contributed by atoms with Gasteiger partial charge < -0.3 is 0 Å². The van der Waals surface area contributed by atoms with Crippen molar-refractivity contribution in [2.75, 3.05) is 0 Å². The summed E-state index contributed by atoms with van der Waals surface area (Å²) in [6.07, 6.45) is 9.19. The van der Waals surface area contributed by atoms with E-state index in [1.807, 2.05) is 0 Å². The molecular weight excluding hydrogens is 156 g/mol. The Labute approximate surface area is 81.1 Å². The second kappa shape index (κ2) is 4.38. The molecule has 0 saturated heterocycles. The van der Waals surface area contributed by atoms with Gasteiger partial charge in [0.25, 0.3) is 0 Å². The van der Waals surface area contributed by atoms with E-state index < -0.39 is 0 Å². The summed E-state index contributed by atoms with van der Waals surface area (Å²) in [4.78, 5) is 0. The van der Waals surface area contributed by atoms with E-state index in [1.54, 1.807) is 0 Å². The quantitative estimate of drug-likeness (QED) is 0.493. The maximum Gasteiger partial charge on any atom is 0.0215 e. The minimum atomic E-state index is 0.658. The van der Waals surface area contributed by atoms with Gasteiger partial charge in [0.1, 0.15) is 0 Å². The summed E-state index contributed by atoms with van der Waals surface area (Å²) in [5, 5.41) is 0. The van der Waals surface area contributed by atoms with Gasteiger partial charge in [0.2, 0.25) is 0 Å². The highest BCUT2D eigenvalue weighted by atomic mass is 14.2. The lowest BCUT2D eigenvalue weighted by molar-refractivity contribution is 0.292. The fourth-order valence-electron chi connectivity index (χ4n) is 2.41. The van der Waals surface area contributed by atoms with Crippen LogP contribution in [0, 0.1) is 35.5 Å². The highest BCUT2D eigenvalue weighted by Crippen LogP contribution is 2.31. The predicted octanol–water partition coefficient (Wildman–Crippen LogP) is 2.98. The van der Waals surface area contributed by atoms with Crippen LogP contribution >= 0.6 is 0 Å². The van der Waals surface area contributed by atoms with E-state index in [0.717, 1.165) is 12.3 Å². The topological polar surface area (TPSA) is 0 Å². The Hall–Kier alpha value is -0.880. The first-order valence-electron chi connectivity index (χ1n) is 5.43. The number of hydrogen-bond donors (Lipinski definition) is 0. The lowest BCUT2D eigenvalue weighted by Crippen LogP contribution is -2.14. The Morgan fingerprint density at radius 2 is 1.85 bits per heavy atom. The standard InChI is InChI=1S/C13H16/c1-2-4-7-12-9-6-10-13(11-12)8-5-3-1/h12-13H,2,4,6-7,9-11H2. The van der Waals surface area contributed by atoms with Crippen molar-refractivity contribution in [3.8, 4) is 23.7 Å². The molecule has 2 aliphatic rings. The summed E-state index contributed by atoms with van der Waals surface area (Å²) in [6, 6.07) is 0. The SMILES string of the molecule is C1#CCCCC2CCCC(C#C1)C2. The van der Waals surface area contributed by atoms with Crippen LogP contribution in [-0.2, 0) is 0 Å². The van der Waals surface area contributed by atoms with E-state index in [-0.39, 0.29) is 0 Å². The molecule has 0 nitrogen and oxygen atoms in total. The van der Waals surface area contributed by atoms with Crippen molar-refractivity contribution in [3.05, 3.63) is 0 Å². The van der Waals surface area contributed by atoms with Crippen molar-refractivity contribution in [2.24, 2.45) is 11.8 Å². The predicted molar refractivity (Wildman–Crippen MR) is 54.9 cm³/mol. The van der Waals surface area contributed by atoms with E-state index in [1.165, 1.54) is 38.5 Å². The molecule has 2 atom stereocenters. The molecule has 0 amide bonds. The molecule has 2 rings (SSSR count). The summed E-state index contributed by atoms with van der Waals surface area (Å²) in [7, 11) is 0. The van der Waals surface area contributed by atoms with Crippen LogP contribution in [-0.4, -0.2) is 0 Å². The maximum absolute atomic E-state index is 3.30. The molecule has 0 heterocycles. The summed E-state index contributed by atoms with van der Waals surface area (Å²) in [5.74, 6) is 14.0. The van der Waals surface area contributed by atoms with Gasteiger partial charge in [0.05, 0.1) is 0 Å². The monoisotopic (exact) mass is 172 g/mol. The van der Waals surface area contributed by atoms with Gasteiger partial charge in [-0.25, -0.2) is 0 Å². The zero-order valence-corrected chi connectivity index (χ0v) is 8.10. The van der Waals surface area contributed by atoms with E-state index in [2.05, 4.69) is 23.7 Å². The summed E-state index contributed by atoms with van der Waals surface area (Å²) >= 11 is 0. The molecular formula is C13H16. The molecule has 2 aliphatic carbocycles. The molecule has 13 heavy (non-hydrogen) atoms. The largest absolute Gasteiger partial charge is 0.0891 e. The highest BCUT2D eigenvalue weighted by molar-refractivity contribution is 5.27. The van der Waals surface area contributed by atoms with E-state index in [4.69, 9.17) is 0 Å². The Balaban J connectivity index is 2.06. The number of fused-ring (bicyclic) bond motifs is 2. The average molecular weight is 172 g/mol. The third-order valence-corrected chi connectivity index (χ3v) is 3.12. The van der Waals surface area contributed by atoms with Crippen LogP contribution in [0.1, 0.15) is 44.9 Å². The average Bonchev–Trinajstić information content (AvgIpc) is 2.17. The van der Waals surface area contributed by atoms with Gasteiger partial charge in [-0.1, -0.05) is 24.7 Å². The van der Waals surface area contributed by atoms with Gasteiger partial charge >= 0.3 is 0 Å². The molecule has 0 aromatic carbocycles. The Kier molecular flexibility index (Phi) is 2.94. The molecule has 0 aromatic rings. The van der Waals surface area contributed by atoms with Gasteiger partial charge in [0.15, 0.2) is 0 Å². The fraction of sp³-hybridized carbons (Fsp3) is 0.692. The third kappa shape index (κ3) is 2.53. The smallest absolute Gasteiger partial charge is 0.0215 e.